The Bertz CT molecular complexity index is 483. The van der Waals surface area contributed by atoms with E-state index in [1.54, 1.807) is 31.2 Å². The van der Waals surface area contributed by atoms with Crippen molar-refractivity contribution in [3.63, 3.8) is 0 Å². The predicted molar refractivity (Wildman–Crippen MR) is 65.4 cm³/mol. The van der Waals surface area contributed by atoms with E-state index in [0.29, 0.717) is 5.56 Å². The Morgan fingerprint density at radius 2 is 1.81 bits per heavy atom. The smallest absolute Gasteiger partial charge is 0.247 e. The van der Waals surface area contributed by atoms with E-state index < -0.39 is 19.6 Å². The highest BCUT2D eigenvalue weighted by Gasteiger charge is 2.45. The number of aryl methyl sites for hydroxylation is 1. The van der Waals surface area contributed by atoms with Crippen molar-refractivity contribution in [2.75, 3.05) is 6.26 Å². The molecular weight excluding hydrogens is 271 g/mol. The maximum Gasteiger partial charge on any atom is 0.247 e. The van der Waals surface area contributed by atoms with Crippen molar-refractivity contribution in [3.05, 3.63) is 35.4 Å². The molecule has 3 nitrogen and oxygen atoms in total. The number of aliphatic hydroxyl groups is 1. The highest BCUT2D eigenvalue weighted by Crippen LogP contribution is 2.41. The van der Waals surface area contributed by atoms with E-state index in [0.717, 1.165) is 11.8 Å². The Hall–Kier alpha value is -0.290. The van der Waals surface area contributed by atoms with Gasteiger partial charge in [0.25, 0.3) is 0 Å². The molecule has 0 spiro atoms. The first-order valence-electron chi connectivity index (χ1n) is 4.49. The summed E-state index contributed by atoms with van der Waals surface area (Å²) in [5.41, 5.74) is 1.13. The SMILES string of the molecule is Cc1ccccc1[C@@H](O)C(Cl)(Cl)S(C)(=O)=O. The lowest BCUT2D eigenvalue weighted by Crippen LogP contribution is -2.33. The lowest BCUT2D eigenvalue weighted by Gasteiger charge is -2.25. The minimum atomic E-state index is -3.79. The first-order valence-corrected chi connectivity index (χ1v) is 7.13. The summed E-state index contributed by atoms with van der Waals surface area (Å²) in [4.78, 5) is 0. The number of hydrogen-bond donors (Lipinski definition) is 1. The highest BCUT2D eigenvalue weighted by atomic mass is 35.5. The van der Waals surface area contributed by atoms with Crippen LogP contribution in [0.2, 0.25) is 0 Å². The number of hydrogen-bond acceptors (Lipinski definition) is 3. The third-order valence-corrected chi connectivity index (χ3v) is 5.60. The first kappa shape index (κ1) is 13.8. The molecule has 1 aromatic rings. The summed E-state index contributed by atoms with van der Waals surface area (Å²) in [6.45, 7) is 1.74. The second kappa shape index (κ2) is 4.53. The zero-order valence-electron chi connectivity index (χ0n) is 8.81. The summed E-state index contributed by atoms with van der Waals surface area (Å²) in [7, 11) is -3.79. The first-order chi connectivity index (χ1) is 7.18. The molecule has 0 bridgehead atoms. The summed E-state index contributed by atoms with van der Waals surface area (Å²) < 4.78 is 20.5. The van der Waals surface area contributed by atoms with Gasteiger partial charge in [-0.1, -0.05) is 47.5 Å². The van der Waals surface area contributed by atoms with Crippen LogP contribution < -0.4 is 0 Å². The van der Waals surface area contributed by atoms with Gasteiger partial charge in [-0.25, -0.2) is 8.42 Å². The van der Waals surface area contributed by atoms with Crippen molar-refractivity contribution in [2.24, 2.45) is 0 Å². The van der Waals surface area contributed by atoms with Gasteiger partial charge >= 0.3 is 0 Å². The Kier molecular flexibility index (Phi) is 3.90. The number of sulfone groups is 1. The van der Waals surface area contributed by atoms with Gasteiger partial charge in [0.1, 0.15) is 6.10 Å². The molecule has 0 fully saturated rings. The predicted octanol–water partition coefficient (Wildman–Crippen LogP) is 2.20. The number of rotatable bonds is 3. The molecule has 1 aromatic carbocycles. The van der Waals surface area contributed by atoms with Crippen molar-refractivity contribution in [3.8, 4) is 0 Å². The zero-order valence-corrected chi connectivity index (χ0v) is 11.1. The van der Waals surface area contributed by atoms with E-state index in [2.05, 4.69) is 0 Å². The van der Waals surface area contributed by atoms with Crippen molar-refractivity contribution in [1.29, 1.82) is 0 Å². The van der Waals surface area contributed by atoms with E-state index >= 15 is 0 Å². The fourth-order valence-corrected chi connectivity index (χ4v) is 2.05. The van der Waals surface area contributed by atoms with E-state index in [-0.39, 0.29) is 0 Å². The van der Waals surface area contributed by atoms with Crippen LogP contribution >= 0.6 is 23.2 Å². The van der Waals surface area contributed by atoms with Crippen LogP contribution in [0, 0.1) is 6.92 Å². The van der Waals surface area contributed by atoms with Gasteiger partial charge in [-0.15, -0.1) is 0 Å². The van der Waals surface area contributed by atoms with Gasteiger partial charge in [-0.3, -0.25) is 0 Å². The molecule has 0 aliphatic rings. The largest absolute Gasteiger partial charge is 0.384 e. The van der Waals surface area contributed by atoms with E-state index in [9.17, 15) is 13.5 Å². The van der Waals surface area contributed by atoms with Crippen LogP contribution in [-0.4, -0.2) is 23.4 Å². The lowest BCUT2D eigenvalue weighted by molar-refractivity contribution is 0.180. The number of aliphatic hydroxyl groups excluding tert-OH is 1. The normalized spacial score (nSPS) is 14.8. The monoisotopic (exact) mass is 282 g/mol. The van der Waals surface area contributed by atoms with Gasteiger partial charge in [-0.05, 0) is 18.1 Å². The molecule has 0 aliphatic carbocycles. The minimum absolute atomic E-state index is 0.401. The fraction of sp³-hybridized carbons (Fsp3) is 0.400. The van der Waals surface area contributed by atoms with Gasteiger partial charge < -0.3 is 5.11 Å². The van der Waals surface area contributed by atoms with Gasteiger partial charge in [0.05, 0.1) is 0 Å². The average molecular weight is 283 g/mol. The Balaban J connectivity index is 3.23. The molecule has 0 unspecified atom stereocenters. The van der Waals surface area contributed by atoms with Crippen LogP contribution in [0.1, 0.15) is 17.2 Å². The molecule has 0 heterocycles. The van der Waals surface area contributed by atoms with Crippen molar-refractivity contribution >= 4 is 33.0 Å². The number of halogens is 2. The quantitative estimate of drug-likeness (QED) is 0.865. The van der Waals surface area contributed by atoms with Crippen LogP contribution in [0.15, 0.2) is 24.3 Å². The highest BCUT2D eigenvalue weighted by molar-refractivity contribution is 7.94. The Morgan fingerprint density at radius 1 is 1.31 bits per heavy atom. The van der Waals surface area contributed by atoms with E-state index in [1.807, 2.05) is 0 Å². The second-order valence-corrected chi connectivity index (χ2v) is 7.62. The molecule has 1 N–H and O–H groups in total. The third-order valence-electron chi connectivity index (χ3n) is 2.30. The van der Waals surface area contributed by atoms with E-state index in [1.165, 1.54) is 0 Å². The zero-order chi connectivity index (χ0) is 12.6. The molecule has 0 radical (unpaired) electrons. The summed E-state index contributed by atoms with van der Waals surface area (Å²) in [6.07, 6.45) is -0.596. The van der Waals surface area contributed by atoms with Gasteiger partial charge in [0.15, 0.2) is 9.84 Å². The summed E-state index contributed by atoms with van der Waals surface area (Å²) in [5.74, 6) is 0. The molecule has 90 valence electrons. The molecule has 1 atom stereocenters. The van der Waals surface area contributed by atoms with Crippen molar-refractivity contribution < 1.29 is 13.5 Å². The molecule has 0 saturated heterocycles. The van der Waals surface area contributed by atoms with Gasteiger partial charge in [0.2, 0.25) is 3.67 Å². The van der Waals surface area contributed by atoms with Crippen LogP contribution in [0.4, 0.5) is 0 Å². The maximum absolute atomic E-state index is 11.4. The molecule has 0 aliphatic heterocycles. The molecule has 0 aromatic heterocycles. The third kappa shape index (κ3) is 2.51. The molecule has 0 amide bonds. The average Bonchev–Trinajstić information content (AvgIpc) is 2.15. The van der Waals surface area contributed by atoms with Crippen molar-refractivity contribution in [1.82, 2.24) is 0 Å². The maximum atomic E-state index is 11.4. The molecular formula is C10H12Cl2O3S. The molecule has 1 rings (SSSR count). The van der Waals surface area contributed by atoms with E-state index in [4.69, 9.17) is 23.2 Å². The van der Waals surface area contributed by atoms with Crippen LogP contribution in [-0.2, 0) is 9.84 Å². The Morgan fingerprint density at radius 3 is 2.25 bits per heavy atom. The minimum Gasteiger partial charge on any atom is -0.384 e. The summed E-state index contributed by atoms with van der Waals surface area (Å²) in [5, 5.41) is 9.92. The molecule has 6 heteroatoms. The number of benzene rings is 1. The van der Waals surface area contributed by atoms with Gasteiger partial charge in [-0.2, -0.15) is 0 Å². The topological polar surface area (TPSA) is 54.4 Å². The lowest BCUT2D eigenvalue weighted by atomic mass is 10.0. The number of alkyl halides is 2. The summed E-state index contributed by atoms with van der Waals surface area (Å²) >= 11 is 11.4. The standard InChI is InChI=1S/C10H12Cl2O3S/c1-7-5-3-4-6-8(7)9(13)10(11,12)16(2,14)15/h3-6,9,13H,1-2H3/t9-/m1/s1. The molecule has 0 saturated carbocycles. The Labute approximate surface area is 105 Å². The van der Waals surface area contributed by atoms with Crippen LogP contribution in [0.3, 0.4) is 0 Å². The second-order valence-electron chi connectivity index (χ2n) is 3.59. The van der Waals surface area contributed by atoms with Gasteiger partial charge in [0, 0.05) is 6.26 Å². The molecule has 16 heavy (non-hydrogen) atoms. The van der Waals surface area contributed by atoms with Crippen LogP contribution in [0.25, 0.3) is 0 Å². The van der Waals surface area contributed by atoms with Crippen molar-refractivity contribution in [2.45, 2.75) is 16.7 Å². The fourth-order valence-electron chi connectivity index (χ4n) is 1.28. The van der Waals surface area contributed by atoms with Crippen LogP contribution in [0.5, 0.6) is 0 Å². The summed E-state index contributed by atoms with van der Waals surface area (Å²) in [6, 6.07) is 6.78.